The Balaban J connectivity index is 2.51. The van der Waals surface area contributed by atoms with Gasteiger partial charge in [-0.3, -0.25) is 10.1 Å². The number of benzene rings is 2. The van der Waals surface area contributed by atoms with Crippen LogP contribution in [0.1, 0.15) is 11.1 Å². The highest BCUT2D eigenvalue weighted by Crippen LogP contribution is 2.36. The minimum Gasteiger partial charge on any atom is -0.448 e. The molecule has 0 unspecified atom stereocenters. The van der Waals surface area contributed by atoms with Crippen LogP contribution in [-0.4, -0.2) is 4.92 Å². The summed E-state index contributed by atoms with van der Waals surface area (Å²) in [5.74, 6) is 0.435. The van der Waals surface area contributed by atoms with Crippen molar-refractivity contribution in [3.8, 4) is 17.6 Å². The van der Waals surface area contributed by atoms with Crippen LogP contribution < -0.4 is 4.74 Å². The monoisotopic (exact) mass is 332 g/mol. The predicted octanol–water partition coefficient (Wildman–Crippen LogP) is 4.33. The highest BCUT2D eigenvalue weighted by Gasteiger charge is 2.18. The standard InChI is InChI=1S/C14H9BrN2O3/c1-9-3-2-4-10(8-16)14(9)20-13-6-5-11(15)7-12(13)17(18)19/h2-7H,1H3. The average molecular weight is 333 g/mol. The second-order valence-corrected chi connectivity index (χ2v) is 4.95. The van der Waals surface area contributed by atoms with Gasteiger partial charge in [-0.15, -0.1) is 0 Å². The van der Waals surface area contributed by atoms with E-state index in [1.165, 1.54) is 12.1 Å². The van der Waals surface area contributed by atoms with Gasteiger partial charge in [0.1, 0.15) is 11.8 Å². The van der Waals surface area contributed by atoms with E-state index in [4.69, 9.17) is 10.00 Å². The number of halogens is 1. The number of aryl methyl sites for hydroxylation is 1. The van der Waals surface area contributed by atoms with Crippen LogP contribution >= 0.6 is 15.9 Å². The molecule has 0 aliphatic rings. The van der Waals surface area contributed by atoms with Gasteiger partial charge < -0.3 is 4.74 Å². The summed E-state index contributed by atoms with van der Waals surface area (Å²) in [5.41, 5.74) is 0.912. The van der Waals surface area contributed by atoms with Crippen molar-refractivity contribution in [1.82, 2.24) is 0 Å². The molecule has 5 nitrogen and oxygen atoms in total. The maximum absolute atomic E-state index is 11.0. The normalized spacial score (nSPS) is 9.85. The van der Waals surface area contributed by atoms with Gasteiger partial charge in [0.25, 0.3) is 0 Å². The molecule has 0 heterocycles. The van der Waals surface area contributed by atoms with Crippen LogP contribution in [0, 0.1) is 28.4 Å². The van der Waals surface area contributed by atoms with Crippen LogP contribution in [0.5, 0.6) is 11.5 Å². The number of nitrogens with zero attached hydrogens (tertiary/aromatic N) is 2. The van der Waals surface area contributed by atoms with Crippen molar-refractivity contribution in [2.24, 2.45) is 0 Å². The van der Waals surface area contributed by atoms with E-state index in [9.17, 15) is 10.1 Å². The Hall–Kier alpha value is -2.39. The first-order valence-electron chi connectivity index (χ1n) is 5.64. The third-order valence-electron chi connectivity index (χ3n) is 2.66. The Morgan fingerprint density at radius 3 is 2.75 bits per heavy atom. The zero-order valence-corrected chi connectivity index (χ0v) is 12.0. The van der Waals surface area contributed by atoms with Crippen molar-refractivity contribution < 1.29 is 9.66 Å². The van der Waals surface area contributed by atoms with Gasteiger partial charge in [0.15, 0.2) is 0 Å². The zero-order valence-electron chi connectivity index (χ0n) is 10.5. The number of ether oxygens (including phenoxy) is 1. The highest BCUT2D eigenvalue weighted by molar-refractivity contribution is 9.10. The van der Waals surface area contributed by atoms with Gasteiger partial charge in [0.2, 0.25) is 5.75 Å². The molecule has 0 radical (unpaired) electrons. The van der Waals surface area contributed by atoms with Gasteiger partial charge in [-0.1, -0.05) is 28.1 Å². The van der Waals surface area contributed by atoms with Crippen LogP contribution in [0.4, 0.5) is 5.69 Å². The summed E-state index contributed by atoms with van der Waals surface area (Å²) in [6, 6.07) is 11.6. The summed E-state index contributed by atoms with van der Waals surface area (Å²) in [7, 11) is 0. The number of nitro groups is 1. The van der Waals surface area contributed by atoms with Crippen LogP contribution in [-0.2, 0) is 0 Å². The molecule has 6 heteroatoms. The van der Waals surface area contributed by atoms with Gasteiger partial charge in [-0.25, -0.2) is 0 Å². The second kappa shape index (κ2) is 5.72. The number of nitro benzene ring substituents is 1. The van der Waals surface area contributed by atoms with Crippen LogP contribution in [0.2, 0.25) is 0 Å². The number of nitriles is 1. The summed E-state index contributed by atoms with van der Waals surface area (Å²) >= 11 is 3.18. The van der Waals surface area contributed by atoms with Gasteiger partial charge in [-0.2, -0.15) is 5.26 Å². The molecule has 0 fully saturated rings. The molecule has 20 heavy (non-hydrogen) atoms. The first-order chi connectivity index (χ1) is 9.52. The fourth-order valence-electron chi connectivity index (χ4n) is 1.71. The molecule has 0 amide bonds. The number of rotatable bonds is 3. The molecule has 0 N–H and O–H groups in total. The molecule has 0 spiro atoms. The topological polar surface area (TPSA) is 76.2 Å². The third kappa shape index (κ3) is 2.78. The van der Waals surface area contributed by atoms with Gasteiger partial charge in [-0.05, 0) is 30.7 Å². The highest BCUT2D eigenvalue weighted by atomic mass is 79.9. The molecular weight excluding hydrogens is 324 g/mol. The number of hydrogen-bond acceptors (Lipinski definition) is 4. The quantitative estimate of drug-likeness (QED) is 0.619. The second-order valence-electron chi connectivity index (χ2n) is 4.03. The molecule has 0 aliphatic carbocycles. The molecule has 0 aromatic heterocycles. The van der Waals surface area contributed by atoms with Crippen molar-refractivity contribution >= 4 is 21.6 Å². The molecule has 0 aliphatic heterocycles. The van der Waals surface area contributed by atoms with Crippen molar-refractivity contribution in [1.29, 1.82) is 5.26 Å². The fourth-order valence-corrected chi connectivity index (χ4v) is 2.05. The Kier molecular flexibility index (Phi) is 4.01. The van der Waals surface area contributed by atoms with E-state index in [0.717, 1.165) is 5.56 Å². The van der Waals surface area contributed by atoms with E-state index in [-0.39, 0.29) is 11.4 Å². The molecule has 0 saturated heterocycles. The lowest BCUT2D eigenvalue weighted by Gasteiger charge is -2.10. The van der Waals surface area contributed by atoms with Gasteiger partial charge in [0.05, 0.1) is 10.5 Å². The largest absolute Gasteiger partial charge is 0.448 e. The first-order valence-corrected chi connectivity index (χ1v) is 6.43. The summed E-state index contributed by atoms with van der Waals surface area (Å²) in [4.78, 5) is 10.5. The van der Waals surface area contributed by atoms with E-state index < -0.39 is 4.92 Å². The molecule has 0 saturated carbocycles. The van der Waals surface area contributed by atoms with E-state index in [1.807, 2.05) is 6.07 Å². The lowest BCUT2D eigenvalue weighted by molar-refractivity contribution is -0.385. The molecule has 2 aromatic rings. The minimum absolute atomic E-state index is 0.101. The summed E-state index contributed by atoms with van der Waals surface area (Å²) in [5, 5.41) is 20.1. The summed E-state index contributed by atoms with van der Waals surface area (Å²) in [6.45, 7) is 1.78. The third-order valence-corrected chi connectivity index (χ3v) is 3.16. The van der Waals surface area contributed by atoms with Gasteiger partial charge >= 0.3 is 5.69 Å². The Morgan fingerprint density at radius 2 is 2.10 bits per heavy atom. The van der Waals surface area contributed by atoms with E-state index >= 15 is 0 Å². The predicted molar refractivity (Wildman–Crippen MR) is 76.8 cm³/mol. The van der Waals surface area contributed by atoms with Gasteiger partial charge in [0, 0.05) is 10.5 Å². The molecule has 2 aromatic carbocycles. The lowest BCUT2D eigenvalue weighted by atomic mass is 10.1. The SMILES string of the molecule is Cc1cccc(C#N)c1Oc1ccc(Br)cc1[N+](=O)[O-]. The van der Waals surface area contributed by atoms with Crippen molar-refractivity contribution in [3.05, 3.63) is 62.1 Å². The van der Waals surface area contributed by atoms with E-state index in [1.54, 1.807) is 31.2 Å². The molecule has 0 bridgehead atoms. The van der Waals surface area contributed by atoms with E-state index in [2.05, 4.69) is 15.9 Å². The Labute approximate surface area is 123 Å². The molecule has 100 valence electrons. The lowest BCUT2D eigenvalue weighted by Crippen LogP contribution is -1.96. The number of para-hydroxylation sites is 1. The maximum Gasteiger partial charge on any atom is 0.312 e. The fraction of sp³-hybridized carbons (Fsp3) is 0.0714. The maximum atomic E-state index is 11.0. The number of hydrogen-bond donors (Lipinski definition) is 0. The van der Waals surface area contributed by atoms with Crippen LogP contribution in [0.3, 0.4) is 0 Å². The first kappa shape index (κ1) is 14.0. The van der Waals surface area contributed by atoms with Crippen molar-refractivity contribution in [3.63, 3.8) is 0 Å². The Bertz CT molecular complexity index is 723. The Morgan fingerprint density at radius 1 is 1.35 bits per heavy atom. The van der Waals surface area contributed by atoms with Crippen molar-refractivity contribution in [2.45, 2.75) is 6.92 Å². The molecule has 2 rings (SSSR count). The smallest absolute Gasteiger partial charge is 0.312 e. The average Bonchev–Trinajstić information content (AvgIpc) is 2.42. The summed E-state index contributed by atoms with van der Waals surface area (Å²) in [6.07, 6.45) is 0. The van der Waals surface area contributed by atoms with Crippen LogP contribution in [0.25, 0.3) is 0 Å². The zero-order chi connectivity index (χ0) is 14.7. The minimum atomic E-state index is -0.523. The van der Waals surface area contributed by atoms with Crippen LogP contribution in [0.15, 0.2) is 40.9 Å². The summed E-state index contributed by atoms with van der Waals surface area (Å²) < 4.78 is 6.18. The molecule has 0 atom stereocenters. The van der Waals surface area contributed by atoms with Crippen molar-refractivity contribution in [2.75, 3.05) is 0 Å². The molecular formula is C14H9BrN2O3. The van der Waals surface area contributed by atoms with E-state index in [0.29, 0.717) is 15.8 Å².